The fourth-order valence-corrected chi connectivity index (χ4v) is 3.85. The van der Waals surface area contributed by atoms with Gasteiger partial charge in [-0.1, -0.05) is 24.3 Å². The van der Waals surface area contributed by atoms with Crippen LogP contribution in [0.3, 0.4) is 0 Å². The number of methoxy groups -OCH3 is 1. The van der Waals surface area contributed by atoms with Gasteiger partial charge in [-0.2, -0.15) is 0 Å². The summed E-state index contributed by atoms with van der Waals surface area (Å²) < 4.78 is 6.99. The van der Waals surface area contributed by atoms with Crippen LogP contribution in [-0.2, 0) is 24.6 Å². The van der Waals surface area contributed by atoms with Crippen molar-refractivity contribution >= 4 is 18.1 Å². The maximum atomic E-state index is 12.4. The number of pyridine rings is 1. The Bertz CT molecular complexity index is 1240. The van der Waals surface area contributed by atoms with Crippen molar-refractivity contribution in [3.05, 3.63) is 64.8 Å². The number of nitrogens with one attached hydrogen (secondary N) is 1. The second-order valence-corrected chi connectivity index (χ2v) is 7.33. The molecule has 0 fully saturated rings. The normalized spacial score (nSPS) is 14.3. The number of esters is 1. The van der Waals surface area contributed by atoms with Gasteiger partial charge in [-0.05, 0) is 37.1 Å². The summed E-state index contributed by atoms with van der Waals surface area (Å²) in [5.74, 6) is 0.912. The number of carbonyl (C=O) groups excluding carboxylic acids is 1. The molecule has 2 aliphatic carbocycles. The van der Waals surface area contributed by atoms with Crippen LogP contribution in [0.2, 0.25) is 0 Å². The minimum Gasteiger partial charge on any atom is -0.465 e. The van der Waals surface area contributed by atoms with Crippen LogP contribution in [0.5, 0.6) is 0 Å². The summed E-state index contributed by atoms with van der Waals surface area (Å²) in [7, 11) is 3.34. The topological polar surface area (TPSA) is 85.7 Å². The second kappa shape index (κ2) is 7.26. The van der Waals surface area contributed by atoms with Gasteiger partial charge in [-0.3, -0.25) is 0 Å². The van der Waals surface area contributed by atoms with Gasteiger partial charge in [0.1, 0.15) is 11.4 Å². The molecule has 0 bridgehead atoms. The van der Waals surface area contributed by atoms with E-state index in [0.29, 0.717) is 22.8 Å². The smallest absolute Gasteiger partial charge is 0.338 e. The summed E-state index contributed by atoms with van der Waals surface area (Å²) in [4.78, 5) is 30.0. The highest BCUT2D eigenvalue weighted by Gasteiger charge is 2.21. The number of rotatable bonds is 3. The summed E-state index contributed by atoms with van der Waals surface area (Å²) in [6.07, 6.45) is 14.9. The number of allylic oxidation sites excluding steroid dienone is 4. The fourth-order valence-electron chi connectivity index (χ4n) is 3.85. The minimum atomic E-state index is -0.422. The van der Waals surface area contributed by atoms with E-state index in [2.05, 4.69) is 23.2 Å². The molecule has 30 heavy (non-hydrogen) atoms. The van der Waals surface area contributed by atoms with Crippen molar-refractivity contribution in [2.45, 2.75) is 19.3 Å². The maximum absolute atomic E-state index is 12.4. The Morgan fingerprint density at radius 3 is 2.80 bits per heavy atom. The van der Waals surface area contributed by atoms with Crippen LogP contribution in [0.25, 0.3) is 35.2 Å². The molecule has 0 saturated carbocycles. The highest BCUT2D eigenvalue weighted by molar-refractivity contribution is 5.91. The number of aryl methyl sites for hydroxylation is 1. The van der Waals surface area contributed by atoms with Crippen LogP contribution in [0.1, 0.15) is 39.6 Å². The van der Waals surface area contributed by atoms with E-state index >= 15 is 0 Å². The molecule has 0 radical (unpaired) electrons. The molecule has 7 nitrogen and oxygen atoms in total. The molecule has 150 valence electrons. The van der Waals surface area contributed by atoms with E-state index in [1.54, 1.807) is 12.1 Å². The van der Waals surface area contributed by atoms with Gasteiger partial charge in [0.15, 0.2) is 11.6 Å². The highest BCUT2D eigenvalue weighted by atomic mass is 16.5. The van der Waals surface area contributed by atoms with Gasteiger partial charge in [0.25, 0.3) is 0 Å². The molecule has 0 amide bonds. The molecule has 0 spiro atoms. The first kappa shape index (κ1) is 18.3. The van der Waals surface area contributed by atoms with E-state index in [0.717, 1.165) is 47.9 Å². The Hall–Kier alpha value is -3.74. The first-order valence-corrected chi connectivity index (χ1v) is 9.89. The lowest BCUT2D eigenvalue weighted by Gasteiger charge is -2.08. The third kappa shape index (κ3) is 3.08. The Labute approximate surface area is 173 Å². The number of nitrogens with zero attached hydrogens (tertiary/aromatic N) is 4. The largest absolute Gasteiger partial charge is 0.465 e. The summed E-state index contributed by atoms with van der Waals surface area (Å²) in [5.41, 5.74) is 5.61. The van der Waals surface area contributed by atoms with Gasteiger partial charge >= 0.3 is 5.97 Å². The molecule has 0 saturated heterocycles. The molecule has 1 N–H and O–H groups in total. The van der Waals surface area contributed by atoms with E-state index < -0.39 is 5.97 Å². The van der Waals surface area contributed by atoms with Crippen LogP contribution in [0.4, 0.5) is 0 Å². The third-order valence-corrected chi connectivity index (χ3v) is 5.39. The number of aromatic amines is 1. The Morgan fingerprint density at radius 1 is 1.10 bits per heavy atom. The highest BCUT2D eigenvalue weighted by Crippen LogP contribution is 2.28. The van der Waals surface area contributed by atoms with Crippen molar-refractivity contribution in [2.75, 3.05) is 7.11 Å². The maximum Gasteiger partial charge on any atom is 0.338 e. The molecule has 2 aliphatic rings. The first-order valence-electron chi connectivity index (χ1n) is 9.89. The molecule has 0 unspecified atom stereocenters. The van der Waals surface area contributed by atoms with E-state index in [9.17, 15) is 4.79 Å². The Morgan fingerprint density at radius 2 is 1.97 bits per heavy atom. The predicted octanol–water partition coefficient (Wildman–Crippen LogP) is 3.74. The third-order valence-electron chi connectivity index (χ3n) is 5.39. The van der Waals surface area contributed by atoms with Crippen LogP contribution in [0, 0.1) is 0 Å². The first-order chi connectivity index (χ1) is 14.6. The average Bonchev–Trinajstić information content (AvgIpc) is 3.26. The molecule has 3 aromatic heterocycles. The predicted molar refractivity (Wildman–Crippen MR) is 115 cm³/mol. The van der Waals surface area contributed by atoms with Crippen molar-refractivity contribution in [3.63, 3.8) is 0 Å². The molecule has 0 aliphatic heterocycles. The van der Waals surface area contributed by atoms with Crippen LogP contribution in [0.15, 0.2) is 36.4 Å². The lowest BCUT2D eigenvalue weighted by molar-refractivity contribution is 0.0600. The summed E-state index contributed by atoms with van der Waals surface area (Å²) in [6, 6.07) is 3.43. The van der Waals surface area contributed by atoms with Crippen molar-refractivity contribution in [1.82, 2.24) is 24.5 Å². The van der Waals surface area contributed by atoms with Crippen LogP contribution in [-0.4, -0.2) is 37.6 Å². The molecule has 3 heterocycles. The Balaban J connectivity index is 1.66. The Kier molecular flexibility index (Phi) is 4.43. The number of hydrogen-bond acceptors (Lipinski definition) is 5. The van der Waals surface area contributed by atoms with Gasteiger partial charge in [-0.25, -0.2) is 19.7 Å². The molecule has 7 heteroatoms. The zero-order valence-corrected chi connectivity index (χ0v) is 16.8. The van der Waals surface area contributed by atoms with Crippen molar-refractivity contribution in [3.8, 4) is 23.0 Å². The minimum absolute atomic E-state index is 0.413. The lowest BCUT2D eigenvalue weighted by atomic mass is 10.1. The number of hydrogen-bond donors (Lipinski definition) is 1. The second-order valence-electron chi connectivity index (χ2n) is 7.33. The summed E-state index contributed by atoms with van der Waals surface area (Å²) in [6.45, 7) is 0. The summed E-state index contributed by atoms with van der Waals surface area (Å²) in [5, 5.41) is 0. The molecule has 0 aromatic carbocycles. The molecule has 3 aromatic rings. The SMILES string of the molecule is COC(=O)c1cc(-c2nc3c([nH]2)CC=CC=C3)nc(-c2nc3c(n2C)C=CCC3)c1. The van der Waals surface area contributed by atoms with E-state index in [1.807, 2.05) is 29.8 Å². The van der Waals surface area contributed by atoms with E-state index in [1.165, 1.54) is 7.11 Å². The number of aromatic nitrogens is 5. The van der Waals surface area contributed by atoms with Gasteiger partial charge in [0.2, 0.25) is 0 Å². The van der Waals surface area contributed by atoms with Crippen molar-refractivity contribution < 1.29 is 9.53 Å². The summed E-state index contributed by atoms with van der Waals surface area (Å²) >= 11 is 0. The molecular formula is C23H21N5O2. The average molecular weight is 399 g/mol. The monoisotopic (exact) mass is 399 g/mol. The molecular weight excluding hydrogens is 378 g/mol. The van der Waals surface area contributed by atoms with Crippen LogP contribution < -0.4 is 0 Å². The van der Waals surface area contributed by atoms with Gasteiger partial charge in [0.05, 0.1) is 29.8 Å². The number of carbonyl (C=O) groups is 1. The quantitative estimate of drug-likeness (QED) is 0.678. The zero-order valence-electron chi connectivity index (χ0n) is 16.8. The lowest BCUT2D eigenvalue weighted by Crippen LogP contribution is -2.05. The van der Waals surface area contributed by atoms with Gasteiger partial charge in [-0.15, -0.1) is 0 Å². The van der Waals surface area contributed by atoms with Crippen molar-refractivity contribution in [1.29, 1.82) is 0 Å². The van der Waals surface area contributed by atoms with E-state index in [4.69, 9.17) is 19.7 Å². The van der Waals surface area contributed by atoms with Crippen molar-refractivity contribution in [2.24, 2.45) is 7.05 Å². The standard InChI is InChI=1S/C23H21N5O2/c1-28-20-11-7-6-10-17(20)27-22(28)19-13-14(23(29)30-2)12-18(24-19)21-25-15-8-4-3-5-9-16(15)26-21/h3-5,7-8,11-13H,6,9-10H2,1-2H3,(H,25,26). The number of imidazole rings is 2. The molecule has 0 atom stereocenters. The number of ether oxygens (including phenoxy) is 1. The molecule has 5 rings (SSSR count). The number of fused-ring (bicyclic) bond motifs is 2. The zero-order chi connectivity index (χ0) is 20.7. The number of H-pyrrole nitrogens is 1. The van der Waals surface area contributed by atoms with Gasteiger partial charge in [0, 0.05) is 19.2 Å². The van der Waals surface area contributed by atoms with Gasteiger partial charge < -0.3 is 14.3 Å². The van der Waals surface area contributed by atoms with E-state index in [-0.39, 0.29) is 0 Å². The fraction of sp³-hybridized carbons (Fsp3) is 0.217. The van der Waals surface area contributed by atoms with Crippen LogP contribution >= 0.6 is 0 Å².